The first kappa shape index (κ1) is 12.3. The van der Waals surface area contributed by atoms with Crippen molar-refractivity contribution in [3.05, 3.63) is 42.0 Å². The summed E-state index contributed by atoms with van der Waals surface area (Å²) in [5, 5.41) is 18.5. The van der Waals surface area contributed by atoms with Crippen molar-refractivity contribution in [3.63, 3.8) is 0 Å². The minimum atomic E-state index is 0.0448. The molecule has 0 aliphatic heterocycles. The van der Waals surface area contributed by atoms with Gasteiger partial charge in [0.05, 0.1) is 0 Å². The Kier molecular flexibility index (Phi) is 3.39. The molecule has 0 aromatic heterocycles. The number of aliphatic hydroxyl groups is 1. The molecule has 2 aromatic rings. The monoisotopic (exact) mass is 244 g/mol. The van der Waals surface area contributed by atoms with Crippen molar-refractivity contribution in [1.82, 2.24) is 0 Å². The molecule has 0 saturated heterocycles. The topological polar surface area (TPSA) is 92.5 Å². The van der Waals surface area contributed by atoms with Gasteiger partial charge in [0, 0.05) is 29.1 Å². The Morgan fingerprint density at radius 1 is 1.00 bits per heavy atom. The van der Waals surface area contributed by atoms with Gasteiger partial charge < -0.3 is 21.7 Å². The molecule has 0 fully saturated rings. The van der Waals surface area contributed by atoms with Gasteiger partial charge in [-0.05, 0) is 30.2 Å². The molecule has 0 amide bonds. The van der Waals surface area contributed by atoms with Crippen molar-refractivity contribution in [2.45, 2.75) is 6.42 Å². The number of phenolic OH excluding ortho intramolecular Hbond substituents is 1. The molecule has 2 aromatic carbocycles. The van der Waals surface area contributed by atoms with E-state index in [4.69, 9.17) is 16.6 Å². The number of rotatable bonds is 3. The number of nitrogen functional groups attached to an aromatic ring is 2. The average molecular weight is 244 g/mol. The summed E-state index contributed by atoms with van der Waals surface area (Å²) in [4.78, 5) is 0. The standard InChI is InChI=1S/C14H16N2O2/c15-13-5-4-10(18)8-12(13)11-3-1-2-9(6-7-17)14(11)16/h1-5,8,17-18H,6-7,15-16H2. The fourth-order valence-corrected chi connectivity index (χ4v) is 1.96. The van der Waals surface area contributed by atoms with Gasteiger partial charge in [-0.2, -0.15) is 0 Å². The van der Waals surface area contributed by atoms with Crippen LogP contribution in [0.25, 0.3) is 11.1 Å². The number of hydrogen-bond acceptors (Lipinski definition) is 4. The number of benzene rings is 2. The van der Waals surface area contributed by atoms with E-state index in [0.717, 1.165) is 11.1 Å². The van der Waals surface area contributed by atoms with Gasteiger partial charge in [0.2, 0.25) is 0 Å². The molecule has 2 rings (SSSR count). The highest BCUT2D eigenvalue weighted by atomic mass is 16.3. The molecular weight excluding hydrogens is 228 g/mol. The van der Waals surface area contributed by atoms with Crippen molar-refractivity contribution in [3.8, 4) is 16.9 Å². The van der Waals surface area contributed by atoms with E-state index in [1.807, 2.05) is 18.2 Å². The highest BCUT2D eigenvalue weighted by Gasteiger charge is 2.10. The van der Waals surface area contributed by atoms with Crippen molar-refractivity contribution < 1.29 is 10.2 Å². The highest BCUT2D eigenvalue weighted by Crippen LogP contribution is 2.34. The molecule has 4 nitrogen and oxygen atoms in total. The molecular formula is C14H16N2O2. The van der Waals surface area contributed by atoms with Crippen molar-refractivity contribution in [1.29, 1.82) is 0 Å². The maximum Gasteiger partial charge on any atom is 0.116 e. The Balaban J connectivity index is 2.57. The van der Waals surface area contributed by atoms with Crippen LogP contribution in [0.3, 0.4) is 0 Å². The first-order valence-corrected chi connectivity index (χ1v) is 5.70. The lowest BCUT2D eigenvalue weighted by molar-refractivity contribution is 0.300. The largest absolute Gasteiger partial charge is 0.508 e. The van der Waals surface area contributed by atoms with Crippen LogP contribution in [0.15, 0.2) is 36.4 Å². The lowest BCUT2D eigenvalue weighted by atomic mass is 9.97. The maximum atomic E-state index is 9.53. The zero-order chi connectivity index (χ0) is 13.1. The molecule has 0 heterocycles. The Morgan fingerprint density at radius 2 is 1.78 bits per heavy atom. The van der Waals surface area contributed by atoms with Crippen LogP contribution < -0.4 is 11.5 Å². The molecule has 0 bridgehead atoms. The summed E-state index contributed by atoms with van der Waals surface area (Å²) < 4.78 is 0. The first-order valence-electron chi connectivity index (χ1n) is 5.70. The van der Waals surface area contributed by atoms with Gasteiger partial charge in [-0.15, -0.1) is 0 Å². The number of para-hydroxylation sites is 1. The van der Waals surface area contributed by atoms with E-state index < -0.39 is 0 Å². The molecule has 0 radical (unpaired) electrons. The molecule has 0 unspecified atom stereocenters. The molecule has 0 aliphatic rings. The number of anilines is 2. The van der Waals surface area contributed by atoms with Gasteiger partial charge in [-0.25, -0.2) is 0 Å². The summed E-state index contributed by atoms with van der Waals surface area (Å²) in [5.41, 5.74) is 15.5. The molecule has 0 aliphatic carbocycles. The van der Waals surface area contributed by atoms with E-state index in [9.17, 15) is 5.11 Å². The van der Waals surface area contributed by atoms with Gasteiger partial charge in [0.1, 0.15) is 5.75 Å². The normalized spacial score (nSPS) is 10.5. The fourth-order valence-electron chi connectivity index (χ4n) is 1.96. The van der Waals surface area contributed by atoms with Crippen molar-refractivity contribution >= 4 is 11.4 Å². The second kappa shape index (κ2) is 4.98. The van der Waals surface area contributed by atoms with Crippen LogP contribution in [0.2, 0.25) is 0 Å². The summed E-state index contributed by atoms with van der Waals surface area (Å²) in [6, 6.07) is 10.3. The Hall–Kier alpha value is -2.20. The number of phenols is 1. The van der Waals surface area contributed by atoms with E-state index in [0.29, 0.717) is 23.4 Å². The highest BCUT2D eigenvalue weighted by molar-refractivity contribution is 5.86. The summed E-state index contributed by atoms with van der Waals surface area (Å²) in [6.07, 6.45) is 0.498. The van der Waals surface area contributed by atoms with Crippen LogP contribution in [-0.2, 0) is 6.42 Å². The van der Waals surface area contributed by atoms with Crippen LogP contribution in [0.5, 0.6) is 5.75 Å². The van der Waals surface area contributed by atoms with Crippen LogP contribution in [0, 0.1) is 0 Å². The molecule has 18 heavy (non-hydrogen) atoms. The summed E-state index contributed by atoms with van der Waals surface area (Å²) in [5.74, 6) is 0.145. The SMILES string of the molecule is Nc1ccc(O)cc1-c1cccc(CCO)c1N. The number of aliphatic hydroxyl groups excluding tert-OH is 1. The van der Waals surface area contributed by atoms with Crippen LogP contribution in [0.4, 0.5) is 11.4 Å². The van der Waals surface area contributed by atoms with Gasteiger partial charge in [-0.3, -0.25) is 0 Å². The zero-order valence-corrected chi connectivity index (χ0v) is 9.93. The van der Waals surface area contributed by atoms with Gasteiger partial charge in [-0.1, -0.05) is 18.2 Å². The Morgan fingerprint density at radius 3 is 2.50 bits per heavy atom. The maximum absolute atomic E-state index is 9.53. The molecule has 0 saturated carbocycles. The van der Waals surface area contributed by atoms with Gasteiger partial charge in [0.15, 0.2) is 0 Å². The zero-order valence-electron chi connectivity index (χ0n) is 9.93. The number of hydrogen-bond donors (Lipinski definition) is 4. The summed E-state index contributed by atoms with van der Waals surface area (Å²) >= 11 is 0. The Bertz CT molecular complexity index is 568. The van der Waals surface area contributed by atoms with E-state index in [2.05, 4.69) is 0 Å². The van der Waals surface area contributed by atoms with Crippen LogP contribution >= 0.6 is 0 Å². The van der Waals surface area contributed by atoms with E-state index in [1.54, 1.807) is 12.1 Å². The van der Waals surface area contributed by atoms with Crippen LogP contribution in [-0.4, -0.2) is 16.8 Å². The van der Waals surface area contributed by atoms with Crippen LogP contribution in [0.1, 0.15) is 5.56 Å². The molecule has 6 N–H and O–H groups in total. The third-order valence-corrected chi connectivity index (χ3v) is 2.90. The predicted molar refractivity (Wildman–Crippen MR) is 73.2 cm³/mol. The average Bonchev–Trinajstić information content (AvgIpc) is 2.35. The van der Waals surface area contributed by atoms with Gasteiger partial charge in [0.25, 0.3) is 0 Å². The van der Waals surface area contributed by atoms with Gasteiger partial charge >= 0.3 is 0 Å². The molecule has 0 spiro atoms. The molecule has 0 atom stereocenters. The number of aromatic hydroxyl groups is 1. The fraction of sp³-hybridized carbons (Fsp3) is 0.143. The summed E-state index contributed by atoms with van der Waals surface area (Å²) in [7, 11) is 0. The number of nitrogens with two attached hydrogens (primary N) is 2. The minimum absolute atomic E-state index is 0.0448. The van der Waals surface area contributed by atoms with E-state index in [-0.39, 0.29) is 12.4 Å². The van der Waals surface area contributed by atoms with Crippen molar-refractivity contribution in [2.75, 3.05) is 18.1 Å². The second-order valence-corrected chi connectivity index (χ2v) is 4.12. The predicted octanol–water partition coefficient (Wildman–Crippen LogP) is 1.76. The summed E-state index contributed by atoms with van der Waals surface area (Å²) in [6.45, 7) is 0.0448. The quantitative estimate of drug-likeness (QED) is 0.489. The first-order chi connectivity index (χ1) is 8.63. The lowest BCUT2D eigenvalue weighted by Gasteiger charge is -2.12. The molecule has 4 heteroatoms. The second-order valence-electron chi connectivity index (χ2n) is 4.12. The van der Waals surface area contributed by atoms with E-state index in [1.165, 1.54) is 6.07 Å². The minimum Gasteiger partial charge on any atom is -0.508 e. The third-order valence-electron chi connectivity index (χ3n) is 2.90. The third kappa shape index (κ3) is 2.24. The molecule has 94 valence electrons. The lowest BCUT2D eigenvalue weighted by Crippen LogP contribution is -2.01. The van der Waals surface area contributed by atoms with Crippen molar-refractivity contribution in [2.24, 2.45) is 0 Å². The smallest absolute Gasteiger partial charge is 0.116 e. The Labute approximate surface area is 105 Å². The van der Waals surface area contributed by atoms with E-state index >= 15 is 0 Å².